The fourth-order valence-corrected chi connectivity index (χ4v) is 0.938. The first-order valence-corrected chi connectivity index (χ1v) is 4.33. The normalized spacial score (nSPS) is 10.3. The number of hydrogen-bond donors (Lipinski definition) is 1. The van der Waals surface area contributed by atoms with Crippen molar-refractivity contribution in [3.05, 3.63) is 18.3 Å². The summed E-state index contributed by atoms with van der Waals surface area (Å²) in [7, 11) is 0. The van der Waals surface area contributed by atoms with Crippen LogP contribution in [0.5, 0.6) is 5.75 Å². The summed E-state index contributed by atoms with van der Waals surface area (Å²) in [5, 5.41) is 2.96. The second kappa shape index (κ2) is 5.36. The van der Waals surface area contributed by atoms with Gasteiger partial charge in [0.2, 0.25) is 0 Å². The predicted molar refractivity (Wildman–Crippen MR) is 49.9 cm³/mol. The minimum absolute atomic E-state index is 0.399. The SMILES string of the molecule is CCNc1cc(OCC(F)F)ccn1. The molecule has 5 heteroatoms. The molecule has 78 valence electrons. The third-order valence-electron chi connectivity index (χ3n) is 1.47. The van der Waals surface area contributed by atoms with E-state index in [2.05, 4.69) is 10.3 Å². The summed E-state index contributed by atoms with van der Waals surface area (Å²) < 4.78 is 28.5. The highest BCUT2D eigenvalue weighted by atomic mass is 19.3. The Kier molecular flexibility index (Phi) is 4.10. The molecule has 1 aromatic heterocycles. The molecule has 0 bridgehead atoms. The van der Waals surface area contributed by atoms with Crippen LogP contribution in [0.15, 0.2) is 18.3 Å². The minimum Gasteiger partial charge on any atom is -0.487 e. The van der Waals surface area contributed by atoms with E-state index in [0.717, 1.165) is 6.54 Å². The lowest BCUT2D eigenvalue weighted by molar-refractivity contribution is 0.0819. The Hall–Kier alpha value is -1.39. The Morgan fingerprint density at radius 3 is 3.00 bits per heavy atom. The van der Waals surface area contributed by atoms with Gasteiger partial charge in [0.1, 0.15) is 18.2 Å². The molecule has 0 spiro atoms. The molecule has 0 atom stereocenters. The molecule has 0 unspecified atom stereocenters. The zero-order chi connectivity index (χ0) is 10.4. The van der Waals surface area contributed by atoms with Crippen molar-refractivity contribution in [1.82, 2.24) is 4.98 Å². The van der Waals surface area contributed by atoms with Gasteiger partial charge in [0, 0.05) is 18.8 Å². The van der Waals surface area contributed by atoms with Crippen molar-refractivity contribution >= 4 is 5.82 Å². The zero-order valence-electron chi connectivity index (χ0n) is 7.84. The number of nitrogens with zero attached hydrogens (tertiary/aromatic N) is 1. The van der Waals surface area contributed by atoms with Gasteiger partial charge in [-0.25, -0.2) is 13.8 Å². The number of ether oxygens (including phenoxy) is 1. The molecule has 3 nitrogen and oxygen atoms in total. The lowest BCUT2D eigenvalue weighted by atomic mass is 10.4. The van der Waals surface area contributed by atoms with Crippen LogP contribution in [0.25, 0.3) is 0 Å². The fraction of sp³-hybridized carbons (Fsp3) is 0.444. The van der Waals surface area contributed by atoms with E-state index in [1.165, 1.54) is 6.20 Å². The summed E-state index contributed by atoms with van der Waals surface area (Å²) in [5.74, 6) is 1.02. The van der Waals surface area contributed by atoms with Crippen LogP contribution in [0.2, 0.25) is 0 Å². The van der Waals surface area contributed by atoms with E-state index < -0.39 is 13.0 Å². The highest BCUT2D eigenvalue weighted by Gasteiger charge is 2.03. The number of nitrogens with one attached hydrogen (secondary N) is 1. The molecule has 1 N–H and O–H groups in total. The Labute approximate surface area is 81.1 Å². The summed E-state index contributed by atoms with van der Waals surface area (Å²) >= 11 is 0. The van der Waals surface area contributed by atoms with Gasteiger partial charge in [-0.3, -0.25) is 0 Å². The number of aromatic nitrogens is 1. The molecule has 0 saturated heterocycles. The van der Waals surface area contributed by atoms with E-state index in [1.54, 1.807) is 12.1 Å². The molecular formula is C9H12F2N2O. The van der Waals surface area contributed by atoms with Gasteiger partial charge < -0.3 is 10.1 Å². The van der Waals surface area contributed by atoms with E-state index >= 15 is 0 Å². The Morgan fingerprint density at radius 1 is 1.57 bits per heavy atom. The van der Waals surface area contributed by atoms with E-state index in [1.807, 2.05) is 6.92 Å². The standard InChI is InChI=1S/C9H12F2N2O/c1-2-12-9-5-7(3-4-13-9)14-6-8(10)11/h3-5,8H,2,6H2,1H3,(H,12,13). The largest absolute Gasteiger partial charge is 0.487 e. The van der Waals surface area contributed by atoms with E-state index in [-0.39, 0.29) is 0 Å². The monoisotopic (exact) mass is 202 g/mol. The number of hydrogen-bond acceptors (Lipinski definition) is 3. The quantitative estimate of drug-likeness (QED) is 0.794. The van der Waals surface area contributed by atoms with Crippen molar-refractivity contribution in [3.8, 4) is 5.75 Å². The Bertz CT molecular complexity index is 281. The maximum Gasteiger partial charge on any atom is 0.272 e. The van der Waals surface area contributed by atoms with Crippen LogP contribution in [0, 0.1) is 0 Å². The summed E-state index contributed by atoms with van der Waals surface area (Å²) in [5.41, 5.74) is 0. The highest BCUT2D eigenvalue weighted by Crippen LogP contribution is 2.14. The second-order valence-corrected chi connectivity index (χ2v) is 2.61. The molecule has 1 rings (SSSR count). The van der Waals surface area contributed by atoms with Gasteiger partial charge >= 0.3 is 0 Å². The number of alkyl halides is 2. The molecule has 0 radical (unpaired) electrons. The van der Waals surface area contributed by atoms with Gasteiger partial charge in [-0.15, -0.1) is 0 Å². The van der Waals surface area contributed by atoms with Crippen molar-refractivity contribution in [2.75, 3.05) is 18.5 Å². The number of halogens is 2. The molecule has 0 fully saturated rings. The molecule has 0 aliphatic carbocycles. The van der Waals surface area contributed by atoms with Gasteiger partial charge in [-0.1, -0.05) is 0 Å². The molecule has 0 aliphatic rings. The van der Waals surface area contributed by atoms with E-state index in [9.17, 15) is 8.78 Å². The maximum atomic E-state index is 11.8. The van der Waals surface area contributed by atoms with Crippen LogP contribution in [0.4, 0.5) is 14.6 Å². The molecule has 0 amide bonds. The fourth-order valence-electron chi connectivity index (χ4n) is 0.938. The first-order chi connectivity index (χ1) is 6.72. The third kappa shape index (κ3) is 3.55. The van der Waals surface area contributed by atoms with Crippen LogP contribution in [-0.4, -0.2) is 24.6 Å². The molecule has 1 heterocycles. The minimum atomic E-state index is -2.45. The van der Waals surface area contributed by atoms with Crippen molar-refractivity contribution < 1.29 is 13.5 Å². The summed E-state index contributed by atoms with van der Waals surface area (Å²) in [4.78, 5) is 3.98. The Morgan fingerprint density at radius 2 is 2.36 bits per heavy atom. The van der Waals surface area contributed by atoms with Gasteiger partial charge in [0.25, 0.3) is 6.43 Å². The van der Waals surface area contributed by atoms with E-state index in [4.69, 9.17) is 4.74 Å². The van der Waals surface area contributed by atoms with Crippen molar-refractivity contribution in [3.63, 3.8) is 0 Å². The molecular weight excluding hydrogens is 190 g/mol. The zero-order valence-corrected chi connectivity index (χ0v) is 7.84. The van der Waals surface area contributed by atoms with Crippen molar-refractivity contribution in [1.29, 1.82) is 0 Å². The van der Waals surface area contributed by atoms with Crippen molar-refractivity contribution in [2.24, 2.45) is 0 Å². The van der Waals surface area contributed by atoms with Crippen LogP contribution in [0.1, 0.15) is 6.92 Å². The lowest BCUT2D eigenvalue weighted by Gasteiger charge is -2.07. The number of pyridine rings is 1. The van der Waals surface area contributed by atoms with Crippen LogP contribution in [0.3, 0.4) is 0 Å². The highest BCUT2D eigenvalue weighted by molar-refractivity contribution is 5.40. The molecule has 1 aromatic rings. The van der Waals surface area contributed by atoms with Gasteiger partial charge in [-0.05, 0) is 13.0 Å². The Balaban J connectivity index is 2.54. The summed E-state index contributed by atoms with van der Waals surface area (Å²) in [6.07, 6.45) is -0.940. The topological polar surface area (TPSA) is 34.1 Å². The van der Waals surface area contributed by atoms with Gasteiger partial charge in [-0.2, -0.15) is 0 Å². The third-order valence-corrected chi connectivity index (χ3v) is 1.47. The van der Waals surface area contributed by atoms with Crippen LogP contribution < -0.4 is 10.1 Å². The van der Waals surface area contributed by atoms with Crippen LogP contribution >= 0.6 is 0 Å². The smallest absolute Gasteiger partial charge is 0.272 e. The maximum absolute atomic E-state index is 11.8. The summed E-state index contributed by atoms with van der Waals surface area (Å²) in [6, 6.07) is 3.13. The van der Waals surface area contributed by atoms with Crippen LogP contribution in [-0.2, 0) is 0 Å². The van der Waals surface area contributed by atoms with Crippen molar-refractivity contribution in [2.45, 2.75) is 13.3 Å². The molecule has 14 heavy (non-hydrogen) atoms. The van der Waals surface area contributed by atoms with Gasteiger partial charge in [0.05, 0.1) is 0 Å². The lowest BCUT2D eigenvalue weighted by Crippen LogP contribution is -2.07. The number of anilines is 1. The first-order valence-electron chi connectivity index (χ1n) is 4.33. The first kappa shape index (κ1) is 10.7. The molecule has 0 saturated carbocycles. The average Bonchev–Trinajstić information content (AvgIpc) is 2.16. The molecule has 0 aliphatic heterocycles. The van der Waals surface area contributed by atoms with E-state index in [0.29, 0.717) is 11.6 Å². The number of rotatable bonds is 5. The summed E-state index contributed by atoms with van der Waals surface area (Å²) in [6.45, 7) is 2.06. The predicted octanol–water partition coefficient (Wildman–Crippen LogP) is 2.16. The molecule has 0 aromatic carbocycles. The second-order valence-electron chi connectivity index (χ2n) is 2.61. The average molecular weight is 202 g/mol. The van der Waals surface area contributed by atoms with Gasteiger partial charge in [0.15, 0.2) is 0 Å².